The van der Waals surface area contributed by atoms with Gasteiger partial charge in [-0.05, 0) is 31.1 Å². The van der Waals surface area contributed by atoms with Gasteiger partial charge in [0, 0.05) is 26.7 Å². The molecule has 0 radical (unpaired) electrons. The Morgan fingerprint density at radius 2 is 1.90 bits per heavy atom. The Hall–Kier alpha value is -1.26. The average Bonchev–Trinajstić information content (AvgIpc) is 2.63. The van der Waals surface area contributed by atoms with Gasteiger partial charge in [-0.1, -0.05) is 20.8 Å². The largest absolute Gasteiger partial charge is 0.481 e. The molecule has 5 nitrogen and oxygen atoms in total. The molecule has 1 saturated heterocycles. The molecule has 20 heavy (non-hydrogen) atoms. The second kappa shape index (κ2) is 7.50. The molecule has 0 aromatic heterocycles. The van der Waals surface area contributed by atoms with Crippen molar-refractivity contribution in [2.45, 2.75) is 40.0 Å². The van der Waals surface area contributed by atoms with Crippen molar-refractivity contribution in [3.63, 3.8) is 0 Å². The third kappa shape index (κ3) is 4.69. The molecule has 0 bridgehead atoms. The van der Waals surface area contributed by atoms with E-state index in [1.807, 2.05) is 4.90 Å². The van der Waals surface area contributed by atoms with Crippen LogP contribution in [-0.4, -0.2) is 53.6 Å². The van der Waals surface area contributed by atoms with Gasteiger partial charge in [0.05, 0.1) is 5.92 Å². The van der Waals surface area contributed by atoms with E-state index in [1.54, 1.807) is 14.0 Å². The van der Waals surface area contributed by atoms with E-state index in [2.05, 4.69) is 13.8 Å². The Labute approximate surface area is 121 Å². The fourth-order valence-corrected chi connectivity index (χ4v) is 2.79. The van der Waals surface area contributed by atoms with E-state index in [1.165, 1.54) is 11.3 Å². The molecule has 1 aliphatic rings. The van der Waals surface area contributed by atoms with Crippen LogP contribution in [0.1, 0.15) is 40.0 Å². The van der Waals surface area contributed by atoms with Crippen LogP contribution in [0, 0.1) is 17.8 Å². The van der Waals surface area contributed by atoms with Gasteiger partial charge in [-0.2, -0.15) is 0 Å². The zero-order chi connectivity index (χ0) is 15.3. The van der Waals surface area contributed by atoms with Crippen LogP contribution in [0.15, 0.2) is 0 Å². The number of hydrogen-bond donors (Lipinski definition) is 1. The molecule has 1 N–H and O–H groups in total. The molecule has 1 heterocycles. The number of urea groups is 1. The Morgan fingerprint density at radius 1 is 1.25 bits per heavy atom. The molecule has 1 fully saturated rings. The summed E-state index contributed by atoms with van der Waals surface area (Å²) in [5.74, 6) is -0.0365. The van der Waals surface area contributed by atoms with E-state index in [0.717, 1.165) is 25.9 Å². The summed E-state index contributed by atoms with van der Waals surface area (Å²) in [6, 6.07) is -0.0393. The first kappa shape index (κ1) is 16.8. The van der Waals surface area contributed by atoms with E-state index >= 15 is 0 Å². The second-order valence-corrected chi connectivity index (χ2v) is 6.32. The number of aliphatic carboxylic acids is 1. The number of hydrogen-bond acceptors (Lipinski definition) is 2. The smallest absolute Gasteiger partial charge is 0.319 e. The lowest BCUT2D eigenvalue weighted by molar-refractivity contribution is -0.141. The molecule has 0 aliphatic carbocycles. The minimum atomic E-state index is -0.861. The number of nitrogens with zero attached hydrogens (tertiary/aromatic N) is 2. The molecule has 0 aromatic rings. The molecule has 2 amide bonds. The van der Waals surface area contributed by atoms with Crippen molar-refractivity contribution in [1.82, 2.24) is 9.80 Å². The maximum absolute atomic E-state index is 12.3. The van der Waals surface area contributed by atoms with E-state index < -0.39 is 11.9 Å². The van der Waals surface area contributed by atoms with Gasteiger partial charge in [-0.25, -0.2) is 4.79 Å². The normalized spacial score (nSPS) is 21.4. The lowest BCUT2D eigenvalue weighted by Gasteiger charge is -2.28. The van der Waals surface area contributed by atoms with Gasteiger partial charge >= 0.3 is 12.0 Å². The summed E-state index contributed by atoms with van der Waals surface area (Å²) in [6.07, 6.45) is 3.26. The van der Waals surface area contributed by atoms with Crippen molar-refractivity contribution in [2.24, 2.45) is 17.8 Å². The van der Waals surface area contributed by atoms with Crippen LogP contribution in [0.25, 0.3) is 0 Å². The third-order valence-electron chi connectivity index (χ3n) is 4.28. The van der Waals surface area contributed by atoms with Gasteiger partial charge in [0.15, 0.2) is 0 Å². The Kier molecular flexibility index (Phi) is 6.30. The summed E-state index contributed by atoms with van der Waals surface area (Å²) in [7, 11) is 1.69. The molecular weight excluding hydrogens is 256 g/mol. The SMILES string of the molecule is CC(CN(C)C(=O)N1CCCC(C(C)C)CC1)C(=O)O. The zero-order valence-electron chi connectivity index (χ0n) is 13.1. The van der Waals surface area contributed by atoms with Crippen LogP contribution in [0.2, 0.25) is 0 Å². The second-order valence-electron chi connectivity index (χ2n) is 6.32. The number of likely N-dealkylation sites (tertiary alicyclic amines) is 1. The fraction of sp³-hybridized carbons (Fsp3) is 0.867. The van der Waals surface area contributed by atoms with Crippen molar-refractivity contribution in [3.05, 3.63) is 0 Å². The molecule has 0 saturated carbocycles. The predicted molar refractivity (Wildman–Crippen MR) is 78.6 cm³/mol. The van der Waals surface area contributed by atoms with Crippen molar-refractivity contribution in [1.29, 1.82) is 0 Å². The number of carboxylic acids is 1. The minimum absolute atomic E-state index is 0.0393. The summed E-state index contributed by atoms with van der Waals surface area (Å²) in [5, 5.41) is 8.91. The lowest BCUT2D eigenvalue weighted by atomic mass is 9.89. The summed E-state index contributed by atoms with van der Waals surface area (Å²) in [4.78, 5) is 26.6. The highest BCUT2D eigenvalue weighted by Gasteiger charge is 2.25. The molecule has 5 heteroatoms. The van der Waals surface area contributed by atoms with Gasteiger partial charge in [-0.15, -0.1) is 0 Å². The Morgan fingerprint density at radius 3 is 2.45 bits per heavy atom. The first-order chi connectivity index (χ1) is 9.32. The average molecular weight is 284 g/mol. The molecular formula is C15H28N2O3. The highest BCUT2D eigenvalue weighted by molar-refractivity contribution is 5.75. The van der Waals surface area contributed by atoms with Crippen molar-refractivity contribution >= 4 is 12.0 Å². The monoisotopic (exact) mass is 284 g/mol. The van der Waals surface area contributed by atoms with Crippen LogP contribution in [0.5, 0.6) is 0 Å². The molecule has 2 atom stereocenters. The van der Waals surface area contributed by atoms with Gasteiger partial charge in [0.25, 0.3) is 0 Å². The Bertz CT molecular complexity index is 344. The van der Waals surface area contributed by atoms with E-state index in [9.17, 15) is 9.59 Å². The van der Waals surface area contributed by atoms with Gasteiger partial charge < -0.3 is 14.9 Å². The van der Waals surface area contributed by atoms with Crippen LogP contribution in [-0.2, 0) is 4.79 Å². The van der Waals surface area contributed by atoms with Crippen LogP contribution in [0.4, 0.5) is 4.79 Å². The Balaban J connectivity index is 2.52. The number of carboxylic acid groups (broad SMARTS) is 1. The first-order valence-corrected chi connectivity index (χ1v) is 7.55. The molecule has 1 aliphatic heterocycles. The van der Waals surface area contributed by atoms with Gasteiger partial charge in [0.2, 0.25) is 0 Å². The summed E-state index contributed by atoms with van der Waals surface area (Å²) in [6.45, 7) is 7.94. The van der Waals surface area contributed by atoms with Crippen molar-refractivity contribution in [2.75, 3.05) is 26.7 Å². The van der Waals surface area contributed by atoms with Gasteiger partial charge in [-0.3, -0.25) is 4.79 Å². The van der Waals surface area contributed by atoms with E-state index in [-0.39, 0.29) is 12.6 Å². The maximum Gasteiger partial charge on any atom is 0.319 e. The third-order valence-corrected chi connectivity index (χ3v) is 4.28. The number of rotatable bonds is 4. The predicted octanol–water partition coefficient (Wildman–Crippen LogP) is 2.52. The molecule has 0 aromatic carbocycles. The van der Waals surface area contributed by atoms with E-state index in [4.69, 9.17) is 5.11 Å². The van der Waals surface area contributed by atoms with Gasteiger partial charge in [0.1, 0.15) is 0 Å². The highest BCUT2D eigenvalue weighted by Crippen LogP contribution is 2.24. The molecule has 1 rings (SSSR count). The number of carbonyl (C=O) groups excluding carboxylic acids is 1. The first-order valence-electron chi connectivity index (χ1n) is 7.55. The highest BCUT2D eigenvalue weighted by atomic mass is 16.4. The maximum atomic E-state index is 12.3. The summed E-state index contributed by atoms with van der Waals surface area (Å²) in [5.41, 5.74) is 0. The molecule has 116 valence electrons. The quantitative estimate of drug-likeness (QED) is 0.863. The number of carbonyl (C=O) groups is 2. The van der Waals surface area contributed by atoms with E-state index in [0.29, 0.717) is 11.8 Å². The molecule has 0 spiro atoms. The van der Waals surface area contributed by atoms with Crippen molar-refractivity contribution in [3.8, 4) is 0 Å². The summed E-state index contributed by atoms with van der Waals surface area (Å²) >= 11 is 0. The fourth-order valence-electron chi connectivity index (χ4n) is 2.79. The lowest BCUT2D eigenvalue weighted by Crippen LogP contribution is -2.44. The van der Waals surface area contributed by atoms with Crippen LogP contribution < -0.4 is 0 Å². The van der Waals surface area contributed by atoms with Crippen molar-refractivity contribution < 1.29 is 14.7 Å². The zero-order valence-corrected chi connectivity index (χ0v) is 13.1. The van der Waals surface area contributed by atoms with Crippen LogP contribution in [0.3, 0.4) is 0 Å². The van der Waals surface area contributed by atoms with Crippen LogP contribution >= 0.6 is 0 Å². The summed E-state index contributed by atoms with van der Waals surface area (Å²) < 4.78 is 0. The minimum Gasteiger partial charge on any atom is -0.481 e. The topological polar surface area (TPSA) is 60.9 Å². The number of amides is 2. The standard InChI is InChI=1S/C15H28N2O3/c1-11(2)13-6-5-8-17(9-7-13)15(20)16(4)10-12(3)14(18)19/h11-13H,5-10H2,1-4H3,(H,18,19). The molecule has 2 unspecified atom stereocenters.